The molecular weight excluding hydrogens is 611 g/mol. The van der Waals surface area contributed by atoms with Crippen molar-refractivity contribution in [2.75, 3.05) is 11.9 Å². The molecule has 1 N–H and O–H groups in total. The van der Waals surface area contributed by atoms with E-state index in [0.29, 0.717) is 11.1 Å². The van der Waals surface area contributed by atoms with E-state index in [1.54, 1.807) is 13.8 Å². The average molecular weight is 646 g/mol. The lowest BCUT2D eigenvalue weighted by Crippen LogP contribution is -2.58. The number of nitrogens with zero attached hydrogens (tertiary/aromatic N) is 2. The Morgan fingerprint density at radius 2 is 1.74 bits per heavy atom. The predicted molar refractivity (Wildman–Crippen MR) is 156 cm³/mol. The Morgan fingerprint density at radius 3 is 2.26 bits per heavy atom. The second-order valence-electron chi connectivity index (χ2n) is 11.9. The molecule has 0 radical (unpaired) electrons. The van der Waals surface area contributed by atoms with Crippen molar-refractivity contribution in [3.05, 3.63) is 58.1 Å². The summed E-state index contributed by atoms with van der Waals surface area (Å²) in [5.41, 5.74) is 1.41. The van der Waals surface area contributed by atoms with Crippen LogP contribution in [0.5, 0.6) is 0 Å². The van der Waals surface area contributed by atoms with E-state index in [9.17, 15) is 31.6 Å². The minimum atomic E-state index is -5.19. The molecule has 1 saturated heterocycles. The smallest absolute Gasteiger partial charge is 0.412 e. The van der Waals surface area contributed by atoms with Crippen LogP contribution in [0.4, 0.5) is 23.7 Å². The summed E-state index contributed by atoms with van der Waals surface area (Å²) in [5, 5.41) is 11.5. The van der Waals surface area contributed by atoms with Gasteiger partial charge in [-0.1, -0.05) is 50.1 Å². The van der Waals surface area contributed by atoms with Crippen LogP contribution in [-0.4, -0.2) is 58.6 Å². The molecule has 0 spiro atoms. The standard InChI is InChI=1S/C28H35ClF3N3O5SSi/c1-17-8-11-20(12-9-17)41(37,38)39-25(28(30,31)32)24-22(40-42(6,7)27(3,4)5)14-15-35(24)26(36)34-21-13-10-19(16-33)23(29)18(21)2/h8-13,22,24-25H,14-15H2,1-7H3,(H,34,36)/t22-,24-,25+/m0/s1. The summed E-state index contributed by atoms with van der Waals surface area (Å²) in [6.45, 7) is 12.6. The van der Waals surface area contributed by atoms with Gasteiger partial charge in [0.15, 0.2) is 14.4 Å². The third-order valence-corrected chi connectivity index (χ3v) is 14.1. The van der Waals surface area contributed by atoms with Crippen molar-refractivity contribution in [3.63, 3.8) is 0 Å². The van der Waals surface area contributed by atoms with E-state index in [1.165, 1.54) is 24.3 Å². The molecule has 230 valence electrons. The second-order valence-corrected chi connectivity index (χ2v) is 18.6. The zero-order valence-electron chi connectivity index (χ0n) is 24.5. The van der Waals surface area contributed by atoms with Gasteiger partial charge in [0.25, 0.3) is 10.1 Å². The number of amides is 2. The number of alkyl halides is 3. The molecule has 0 aromatic heterocycles. The van der Waals surface area contributed by atoms with Crippen LogP contribution < -0.4 is 5.32 Å². The highest BCUT2D eigenvalue weighted by atomic mass is 35.5. The number of likely N-dealkylation sites (tertiary alicyclic amines) is 1. The van der Waals surface area contributed by atoms with Crippen molar-refractivity contribution in [2.45, 2.75) is 88.5 Å². The SMILES string of the molecule is Cc1ccc(S(=O)(=O)O[C@H]([C@@H]2[C@@H](O[Si](C)(C)C(C)(C)C)CCN2C(=O)Nc2ccc(C#N)c(Cl)c2C)C(F)(F)F)cc1. The lowest BCUT2D eigenvalue weighted by Gasteiger charge is -2.42. The molecule has 0 bridgehead atoms. The van der Waals surface area contributed by atoms with Crippen molar-refractivity contribution in [1.29, 1.82) is 5.26 Å². The number of urea groups is 1. The van der Waals surface area contributed by atoms with Crippen molar-refractivity contribution in [3.8, 4) is 6.07 Å². The number of benzene rings is 2. The van der Waals surface area contributed by atoms with E-state index in [0.717, 1.165) is 17.0 Å². The first-order valence-corrected chi connectivity index (χ1v) is 17.9. The lowest BCUT2D eigenvalue weighted by atomic mass is 10.1. The van der Waals surface area contributed by atoms with Crippen LogP contribution in [0.3, 0.4) is 0 Å². The third kappa shape index (κ3) is 7.28. The summed E-state index contributed by atoms with van der Waals surface area (Å²) in [5.74, 6) is 0. The number of rotatable bonds is 7. The molecule has 0 aliphatic carbocycles. The van der Waals surface area contributed by atoms with Gasteiger partial charge in [-0.25, -0.2) is 4.79 Å². The van der Waals surface area contributed by atoms with Crippen LogP contribution in [0.1, 0.15) is 43.9 Å². The maximum absolute atomic E-state index is 14.7. The highest BCUT2D eigenvalue weighted by Gasteiger charge is 2.58. The number of halogens is 4. The molecule has 2 amide bonds. The van der Waals surface area contributed by atoms with Crippen LogP contribution in [0, 0.1) is 25.2 Å². The van der Waals surface area contributed by atoms with E-state index in [4.69, 9.17) is 20.2 Å². The van der Waals surface area contributed by atoms with Gasteiger partial charge in [-0.3, -0.25) is 4.18 Å². The molecular formula is C28H35ClF3N3O5SSi. The topological polar surface area (TPSA) is 109 Å². The molecule has 1 aliphatic heterocycles. The zero-order valence-corrected chi connectivity index (χ0v) is 27.0. The lowest BCUT2D eigenvalue weighted by molar-refractivity contribution is -0.212. The van der Waals surface area contributed by atoms with Gasteiger partial charge in [0.2, 0.25) is 0 Å². The van der Waals surface area contributed by atoms with Crippen LogP contribution in [0.2, 0.25) is 23.2 Å². The van der Waals surface area contributed by atoms with Crippen LogP contribution in [-0.2, 0) is 18.7 Å². The highest BCUT2D eigenvalue weighted by molar-refractivity contribution is 7.86. The summed E-state index contributed by atoms with van der Waals surface area (Å²) in [4.78, 5) is 14.0. The number of hydrogen-bond acceptors (Lipinski definition) is 6. The van der Waals surface area contributed by atoms with Gasteiger partial charge >= 0.3 is 12.2 Å². The third-order valence-electron chi connectivity index (χ3n) is 7.83. The molecule has 1 aliphatic rings. The molecule has 8 nitrogen and oxygen atoms in total. The number of anilines is 1. The fourth-order valence-electron chi connectivity index (χ4n) is 4.36. The Labute approximate surface area is 251 Å². The van der Waals surface area contributed by atoms with E-state index in [-0.39, 0.29) is 34.3 Å². The van der Waals surface area contributed by atoms with Gasteiger partial charge in [-0.2, -0.15) is 26.9 Å². The fraction of sp³-hybridized carbons (Fsp3) is 0.500. The monoisotopic (exact) mass is 645 g/mol. The Balaban J connectivity index is 2.07. The van der Waals surface area contributed by atoms with Crippen LogP contribution in [0.25, 0.3) is 0 Å². The Morgan fingerprint density at radius 1 is 1.14 bits per heavy atom. The maximum atomic E-state index is 14.7. The van der Waals surface area contributed by atoms with Gasteiger partial charge in [-0.15, -0.1) is 0 Å². The highest BCUT2D eigenvalue weighted by Crippen LogP contribution is 2.42. The molecule has 1 heterocycles. The normalized spacial score (nSPS) is 19.0. The molecule has 42 heavy (non-hydrogen) atoms. The van der Waals surface area contributed by atoms with Gasteiger partial charge < -0.3 is 14.6 Å². The molecule has 0 saturated carbocycles. The van der Waals surface area contributed by atoms with Gasteiger partial charge in [0, 0.05) is 12.2 Å². The molecule has 2 aromatic carbocycles. The molecule has 0 unspecified atom stereocenters. The van der Waals surface area contributed by atoms with Crippen molar-refractivity contribution in [1.82, 2.24) is 4.90 Å². The quantitative estimate of drug-likeness (QED) is 0.253. The number of nitrogens with one attached hydrogen (secondary N) is 1. The molecule has 1 fully saturated rings. The first-order valence-electron chi connectivity index (χ1n) is 13.2. The Bertz CT molecular complexity index is 1470. The summed E-state index contributed by atoms with van der Waals surface area (Å²) in [6.07, 6.45) is -9.24. The summed E-state index contributed by atoms with van der Waals surface area (Å²) in [6, 6.07) is 7.20. The van der Waals surface area contributed by atoms with E-state index in [2.05, 4.69) is 5.32 Å². The van der Waals surface area contributed by atoms with Crippen LogP contribution >= 0.6 is 11.6 Å². The molecule has 3 rings (SSSR count). The van der Waals surface area contributed by atoms with Gasteiger partial charge in [0.1, 0.15) is 6.07 Å². The van der Waals surface area contributed by atoms with E-state index in [1.807, 2.05) is 39.9 Å². The predicted octanol–water partition coefficient (Wildman–Crippen LogP) is 7.16. The number of hydrogen-bond donors (Lipinski definition) is 1. The minimum Gasteiger partial charge on any atom is -0.412 e. The summed E-state index contributed by atoms with van der Waals surface area (Å²) < 4.78 is 81.8. The summed E-state index contributed by atoms with van der Waals surface area (Å²) >= 11 is 6.22. The first-order chi connectivity index (χ1) is 19.2. The fourth-order valence-corrected chi connectivity index (χ4v) is 7.01. The van der Waals surface area contributed by atoms with Crippen LogP contribution in [0.15, 0.2) is 41.3 Å². The zero-order chi connectivity index (χ0) is 31.8. The van der Waals surface area contributed by atoms with Crippen molar-refractivity contribution < 1.29 is 35.0 Å². The van der Waals surface area contributed by atoms with Crippen molar-refractivity contribution in [2.24, 2.45) is 0 Å². The Kier molecular flexibility index (Phi) is 9.81. The number of nitriles is 1. The molecule has 3 atom stereocenters. The number of aryl methyl sites for hydroxylation is 1. The van der Waals surface area contributed by atoms with Gasteiger partial charge in [-0.05, 0) is 68.2 Å². The number of carbonyl (C=O) groups is 1. The largest absolute Gasteiger partial charge is 0.418 e. The molecule has 2 aromatic rings. The number of carbonyl (C=O) groups excluding carboxylic acids is 1. The summed E-state index contributed by atoms with van der Waals surface area (Å²) in [7, 11) is -7.58. The Hall–Kier alpha value is -2.63. The second kappa shape index (κ2) is 12.2. The average Bonchev–Trinajstić information content (AvgIpc) is 3.27. The van der Waals surface area contributed by atoms with E-state index < -0.39 is 53.8 Å². The first kappa shape index (κ1) is 33.9. The van der Waals surface area contributed by atoms with Gasteiger partial charge in [0.05, 0.1) is 27.6 Å². The maximum Gasteiger partial charge on any atom is 0.418 e. The van der Waals surface area contributed by atoms with Crippen molar-refractivity contribution >= 4 is 41.8 Å². The minimum absolute atomic E-state index is 0.0260. The van der Waals surface area contributed by atoms with E-state index >= 15 is 0 Å². The molecule has 14 heteroatoms.